The molecule has 0 spiro atoms. The summed E-state index contributed by atoms with van der Waals surface area (Å²) in [4.78, 5) is 0. The van der Waals surface area contributed by atoms with E-state index in [4.69, 9.17) is 0 Å². The minimum atomic E-state index is -0.419. The SMILES string of the molecule is OC1(CCn2nc(Br)cc2Br)CCC1. The van der Waals surface area contributed by atoms with Gasteiger partial charge in [0.25, 0.3) is 0 Å². The van der Waals surface area contributed by atoms with Crippen LogP contribution >= 0.6 is 31.9 Å². The molecule has 5 heteroatoms. The third-order valence-electron chi connectivity index (χ3n) is 2.77. The first-order valence-corrected chi connectivity index (χ1v) is 6.29. The van der Waals surface area contributed by atoms with Gasteiger partial charge < -0.3 is 5.11 Å². The van der Waals surface area contributed by atoms with Crippen LogP contribution in [0.5, 0.6) is 0 Å². The summed E-state index contributed by atoms with van der Waals surface area (Å²) in [6, 6.07) is 1.91. The molecule has 78 valence electrons. The Morgan fingerprint density at radius 3 is 2.64 bits per heavy atom. The van der Waals surface area contributed by atoms with Crippen LogP contribution in [-0.2, 0) is 6.54 Å². The maximum Gasteiger partial charge on any atom is 0.129 e. The van der Waals surface area contributed by atoms with E-state index in [9.17, 15) is 5.11 Å². The summed E-state index contributed by atoms with van der Waals surface area (Å²) in [7, 11) is 0. The minimum Gasteiger partial charge on any atom is -0.390 e. The van der Waals surface area contributed by atoms with Gasteiger partial charge in [-0.15, -0.1) is 0 Å². The van der Waals surface area contributed by atoms with E-state index in [1.165, 1.54) is 0 Å². The molecule has 1 aliphatic carbocycles. The number of nitrogens with zero attached hydrogens (tertiary/aromatic N) is 2. The molecular formula is C9H12Br2N2O. The molecule has 3 nitrogen and oxygen atoms in total. The molecule has 1 aliphatic rings. The number of halogens is 2. The van der Waals surface area contributed by atoms with Gasteiger partial charge in [-0.3, -0.25) is 4.68 Å². The highest BCUT2D eigenvalue weighted by Gasteiger charge is 2.33. The van der Waals surface area contributed by atoms with Crippen LogP contribution in [0.1, 0.15) is 25.7 Å². The van der Waals surface area contributed by atoms with Crippen LogP contribution in [0.15, 0.2) is 15.3 Å². The van der Waals surface area contributed by atoms with Crippen molar-refractivity contribution in [2.75, 3.05) is 0 Å². The number of hydrogen-bond acceptors (Lipinski definition) is 2. The third-order valence-corrected chi connectivity index (χ3v) is 3.80. The van der Waals surface area contributed by atoms with E-state index in [1.807, 2.05) is 10.7 Å². The Morgan fingerprint density at radius 2 is 2.21 bits per heavy atom. The van der Waals surface area contributed by atoms with Crippen molar-refractivity contribution in [2.24, 2.45) is 0 Å². The van der Waals surface area contributed by atoms with E-state index < -0.39 is 5.60 Å². The smallest absolute Gasteiger partial charge is 0.129 e. The second kappa shape index (κ2) is 3.94. The summed E-state index contributed by atoms with van der Waals surface area (Å²) in [5.41, 5.74) is -0.419. The topological polar surface area (TPSA) is 38.0 Å². The zero-order valence-electron chi connectivity index (χ0n) is 7.71. The summed E-state index contributed by atoms with van der Waals surface area (Å²) in [6.07, 6.45) is 3.82. The number of hydrogen-bond donors (Lipinski definition) is 1. The molecule has 0 amide bonds. The maximum atomic E-state index is 9.90. The van der Waals surface area contributed by atoms with Crippen molar-refractivity contribution in [1.82, 2.24) is 9.78 Å². The molecule has 0 atom stereocenters. The van der Waals surface area contributed by atoms with E-state index in [0.29, 0.717) is 0 Å². The van der Waals surface area contributed by atoms with Crippen molar-refractivity contribution < 1.29 is 5.11 Å². The van der Waals surface area contributed by atoms with Gasteiger partial charge in [-0.25, -0.2) is 0 Å². The third kappa shape index (κ3) is 2.20. The Bertz CT molecular complexity index is 334. The lowest BCUT2D eigenvalue weighted by atomic mass is 9.78. The van der Waals surface area contributed by atoms with Gasteiger partial charge in [-0.2, -0.15) is 5.10 Å². The summed E-state index contributed by atoms with van der Waals surface area (Å²) >= 11 is 6.72. The lowest BCUT2D eigenvalue weighted by Gasteiger charge is -2.36. The standard InChI is InChI=1S/C9H12Br2N2O/c10-7-6-8(11)13(12-7)5-4-9(14)2-1-3-9/h6,14H,1-5H2. The van der Waals surface area contributed by atoms with Gasteiger partial charge >= 0.3 is 0 Å². The summed E-state index contributed by atoms with van der Waals surface area (Å²) in [5.74, 6) is 0. The van der Waals surface area contributed by atoms with Crippen molar-refractivity contribution in [3.8, 4) is 0 Å². The number of rotatable bonds is 3. The van der Waals surface area contributed by atoms with Gasteiger partial charge in [0.2, 0.25) is 0 Å². The fourth-order valence-electron chi connectivity index (χ4n) is 1.67. The number of aliphatic hydroxyl groups is 1. The Morgan fingerprint density at radius 1 is 1.50 bits per heavy atom. The van der Waals surface area contributed by atoms with Crippen molar-refractivity contribution in [3.05, 3.63) is 15.3 Å². The highest BCUT2D eigenvalue weighted by atomic mass is 79.9. The molecule has 0 aliphatic heterocycles. The fourth-order valence-corrected chi connectivity index (χ4v) is 2.86. The van der Waals surface area contributed by atoms with Gasteiger partial charge in [0, 0.05) is 12.6 Å². The zero-order valence-corrected chi connectivity index (χ0v) is 10.9. The van der Waals surface area contributed by atoms with Crippen molar-refractivity contribution >= 4 is 31.9 Å². The number of aryl methyl sites for hydroxylation is 1. The lowest BCUT2D eigenvalue weighted by molar-refractivity contribution is -0.0440. The fraction of sp³-hybridized carbons (Fsp3) is 0.667. The van der Waals surface area contributed by atoms with Gasteiger partial charge in [-0.1, -0.05) is 0 Å². The van der Waals surface area contributed by atoms with Gasteiger partial charge in [-0.05, 0) is 57.5 Å². The molecule has 1 aromatic heterocycles. The summed E-state index contributed by atoms with van der Waals surface area (Å²) < 4.78 is 3.64. The predicted octanol–water partition coefficient (Wildman–Crippen LogP) is 2.71. The van der Waals surface area contributed by atoms with Crippen molar-refractivity contribution in [3.63, 3.8) is 0 Å². The highest BCUT2D eigenvalue weighted by Crippen LogP contribution is 2.35. The quantitative estimate of drug-likeness (QED) is 0.928. The molecule has 0 aromatic carbocycles. The average molecular weight is 324 g/mol. The van der Waals surface area contributed by atoms with Crippen LogP contribution in [0.2, 0.25) is 0 Å². The highest BCUT2D eigenvalue weighted by molar-refractivity contribution is 9.11. The van der Waals surface area contributed by atoms with E-state index >= 15 is 0 Å². The number of aromatic nitrogens is 2. The molecular weight excluding hydrogens is 312 g/mol. The van der Waals surface area contributed by atoms with Crippen molar-refractivity contribution in [1.29, 1.82) is 0 Å². The van der Waals surface area contributed by atoms with Gasteiger partial charge in [0.15, 0.2) is 0 Å². The molecule has 0 unspecified atom stereocenters. The van der Waals surface area contributed by atoms with Crippen LogP contribution in [-0.4, -0.2) is 20.5 Å². The molecule has 0 radical (unpaired) electrons. The Labute approximate surface area is 99.8 Å². The zero-order chi connectivity index (χ0) is 10.2. The first kappa shape index (κ1) is 10.6. The van der Waals surface area contributed by atoms with Crippen LogP contribution in [0.3, 0.4) is 0 Å². The van der Waals surface area contributed by atoms with E-state index in [1.54, 1.807) is 0 Å². The van der Waals surface area contributed by atoms with Crippen LogP contribution in [0.25, 0.3) is 0 Å². The molecule has 0 bridgehead atoms. The van der Waals surface area contributed by atoms with Crippen molar-refractivity contribution in [2.45, 2.75) is 37.8 Å². The first-order chi connectivity index (χ1) is 6.59. The largest absolute Gasteiger partial charge is 0.390 e. The Kier molecular flexibility index (Phi) is 3.00. The van der Waals surface area contributed by atoms with Crippen LogP contribution in [0.4, 0.5) is 0 Å². The molecule has 0 saturated heterocycles. The molecule has 2 rings (SSSR count). The normalized spacial score (nSPS) is 19.4. The van der Waals surface area contributed by atoms with Crippen LogP contribution < -0.4 is 0 Å². The molecule has 1 heterocycles. The minimum absolute atomic E-state index is 0.419. The van der Waals surface area contributed by atoms with Gasteiger partial charge in [0.05, 0.1) is 5.60 Å². The molecule has 1 aromatic rings. The average Bonchev–Trinajstić information content (AvgIpc) is 2.38. The second-order valence-electron chi connectivity index (χ2n) is 3.84. The maximum absolute atomic E-state index is 9.90. The van der Waals surface area contributed by atoms with E-state index in [2.05, 4.69) is 37.0 Å². The molecule has 1 saturated carbocycles. The van der Waals surface area contributed by atoms with Gasteiger partial charge in [0.1, 0.15) is 9.21 Å². The van der Waals surface area contributed by atoms with E-state index in [-0.39, 0.29) is 0 Å². The predicted molar refractivity (Wildman–Crippen MR) is 61.0 cm³/mol. The monoisotopic (exact) mass is 322 g/mol. The summed E-state index contributed by atoms with van der Waals surface area (Å²) in [5, 5.41) is 14.1. The van der Waals surface area contributed by atoms with Crippen LogP contribution in [0, 0.1) is 0 Å². The molecule has 1 fully saturated rings. The first-order valence-electron chi connectivity index (χ1n) is 4.70. The molecule has 14 heavy (non-hydrogen) atoms. The lowest BCUT2D eigenvalue weighted by Crippen LogP contribution is -2.37. The second-order valence-corrected chi connectivity index (χ2v) is 5.47. The molecule has 1 N–H and O–H groups in total. The summed E-state index contributed by atoms with van der Waals surface area (Å²) in [6.45, 7) is 0.767. The Balaban J connectivity index is 1.94. The van der Waals surface area contributed by atoms with E-state index in [0.717, 1.165) is 41.4 Å². The Hall–Kier alpha value is 0.130.